The maximum absolute atomic E-state index is 13.1. The number of nitrogen functional groups attached to an aromatic ring is 1. The summed E-state index contributed by atoms with van der Waals surface area (Å²) in [6.45, 7) is 2.44. The van der Waals surface area contributed by atoms with Crippen LogP contribution in [0.2, 0.25) is 0 Å². The summed E-state index contributed by atoms with van der Waals surface area (Å²) in [6, 6.07) is 1.40. The summed E-state index contributed by atoms with van der Waals surface area (Å²) in [7, 11) is 0. The van der Waals surface area contributed by atoms with Crippen molar-refractivity contribution >= 4 is 5.95 Å². The third-order valence-corrected chi connectivity index (χ3v) is 2.03. The normalized spacial score (nSPS) is 10.3. The number of nitrogens with zero attached hydrogens (tertiary/aromatic N) is 4. The molecule has 0 radical (unpaired) electrons. The highest BCUT2D eigenvalue weighted by atomic mass is 19.1. The minimum absolute atomic E-state index is 0.0235. The lowest BCUT2D eigenvalue weighted by Gasteiger charge is -2.05. The standard InChI is InChI=1S/C11H12FN5O/c1-2-3-18-11-16-9(15-10(13)17-11)7-4-8(12)6-14-5-7/h4-6H,2-3H2,1H3,(H2,13,15,16,17). The Labute approximate surface area is 103 Å². The quantitative estimate of drug-likeness (QED) is 0.882. The van der Waals surface area contributed by atoms with Crippen LogP contribution in [0.3, 0.4) is 0 Å². The fourth-order valence-corrected chi connectivity index (χ4v) is 1.29. The van der Waals surface area contributed by atoms with Gasteiger partial charge in [0.25, 0.3) is 0 Å². The predicted octanol–water partition coefficient (Wildman–Crippen LogP) is 1.44. The summed E-state index contributed by atoms with van der Waals surface area (Å²) >= 11 is 0. The zero-order valence-electron chi connectivity index (χ0n) is 9.80. The van der Waals surface area contributed by atoms with E-state index in [0.29, 0.717) is 12.2 Å². The van der Waals surface area contributed by atoms with Gasteiger partial charge in [-0.1, -0.05) is 6.92 Å². The van der Waals surface area contributed by atoms with Crippen molar-refractivity contribution in [2.24, 2.45) is 0 Å². The van der Waals surface area contributed by atoms with Gasteiger partial charge in [0, 0.05) is 11.8 Å². The van der Waals surface area contributed by atoms with Gasteiger partial charge in [-0.2, -0.15) is 15.0 Å². The number of halogens is 1. The highest BCUT2D eigenvalue weighted by Crippen LogP contribution is 2.17. The highest BCUT2D eigenvalue weighted by Gasteiger charge is 2.08. The first-order chi connectivity index (χ1) is 8.69. The molecule has 0 amide bonds. The lowest BCUT2D eigenvalue weighted by atomic mass is 10.2. The Bertz CT molecular complexity index is 549. The van der Waals surface area contributed by atoms with Crippen LogP contribution in [0, 0.1) is 5.82 Å². The average molecular weight is 249 g/mol. The first-order valence-corrected chi connectivity index (χ1v) is 5.44. The maximum atomic E-state index is 13.1. The van der Waals surface area contributed by atoms with Crippen LogP contribution in [0.15, 0.2) is 18.5 Å². The molecule has 2 heterocycles. The van der Waals surface area contributed by atoms with Gasteiger partial charge in [-0.05, 0) is 12.5 Å². The number of pyridine rings is 1. The van der Waals surface area contributed by atoms with Gasteiger partial charge in [-0.15, -0.1) is 0 Å². The molecule has 0 unspecified atom stereocenters. The first-order valence-electron chi connectivity index (χ1n) is 5.44. The van der Waals surface area contributed by atoms with Crippen molar-refractivity contribution in [3.05, 3.63) is 24.3 Å². The first kappa shape index (κ1) is 12.2. The van der Waals surface area contributed by atoms with Crippen molar-refractivity contribution < 1.29 is 9.13 Å². The minimum atomic E-state index is -0.470. The summed E-state index contributed by atoms with van der Waals surface area (Å²) in [5.74, 6) is -0.210. The lowest BCUT2D eigenvalue weighted by molar-refractivity contribution is 0.292. The maximum Gasteiger partial charge on any atom is 0.321 e. The summed E-state index contributed by atoms with van der Waals surface area (Å²) in [5, 5.41) is 0. The van der Waals surface area contributed by atoms with Gasteiger partial charge in [0.2, 0.25) is 5.95 Å². The van der Waals surface area contributed by atoms with Gasteiger partial charge in [-0.25, -0.2) is 4.39 Å². The topological polar surface area (TPSA) is 86.8 Å². The average Bonchev–Trinajstić information content (AvgIpc) is 2.36. The summed E-state index contributed by atoms with van der Waals surface area (Å²) in [6.07, 6.45) is 3.37. The zero-order valence-corrected chi connectivity index (χ0v) is 9.80. The number of aromatic nitrogens is 4. The summed E-state index contributed by atoms with van der Waals surface area (Å²) in [5.41, 5.74) is 5.97. The van der Waals surface area contributed by atoms with Crippen LogP contribution < -0.4 is 10.5 Å². The van der Waals surface area contributed by atoms with Crippen LogP contribution >= 0.6 is 0 Å². The molecule has 18 heavy (non-hydrogen) atoms. The lowest BCUT2D eigenvalue weighted by Crippen LogP contribution is -2.06. The highest BCUT2D eigenvalue weighted by molar-refractivity contribution is 5.54. The van der Waals surface area contributed by atoms with E-state index in [1.807, 2.05) is 6.92 Å². The van der Waals surface area contributed by atoms with Crippen LogP contribution in [0.4, 0.5) is 10.3 Å². The van der Waals surface area contributed by atoms with Gasteiger partial charge >= 0.3 is 6.01 Å². The van der Waals surface area contributed by atoms with E-state index in [-0.39, 0.29) is 17.8 Å². The van der Waals surface area contributed by atoms with Crippen molar-refractivity contribution in [2.75, 3.05) is 12.3 Å². The Morgan fingerprint density at radius 1 is 1.28 bits per heavy atom. The monoisotopic (exact) mass is 249 g/mol. The van der Waals surface area contributed by atoms with Crippen LogP contribution in [0.25, 0.3) is 11.4 Å². The third kappa shape index (κ3) is 2.88. The Morgan fingerprint density at radius 2 is 2.11 bits per heavy atom. The molecule has 2 aromatic rings. The molecule has 0 aliphatic rings. The Morgan fingerprint density at radius 3 is 2.83 bits per heavy atom. The second-order valence-electron chi connectivity index (χ2n) is 3.54. The fraction of sp³-hybridized carbons (Fsp3) is 0.273. The predicted molar refractivity (Wildman–Crippen MR) is 63.2 cm³/mol. The van der Waals surface area contributed by atoms with E-state index >= 15 is 0 Å². The molecule has 0 aliphatic carbocycles. The molecule has 7 heteroatoms. The fourth-order valence-electron chi connectivity index (χ4n) is 1.29. The molecule has 0 aromatic carbocycles. The molecule has 2 N–H and O–H groups in total. The van der Waals surface area contributed by atoms with Crippen LogP contribution in [0.5, 0.6) is 6.01 Å². The largest absolute Gasteiger partial charge is 0.463 e. The number of ether oxygens (including phenoxy) is 1. The van der Waals surface area contributed by atoms with Crippen molar-refractivity contribution in [1.29, 1.82) is 0 Å². The molecule has 2 aromatic heterocycles. The van der Waals surface area contributed by atoms with Crippen LogP contribution in [-0.4, -0.2) is 26.5 Å². The molecule has 0 saturated carbocycles. The van der Waals surface area contributed by atoms with Crippen molar-refractivity contribution in [3.63, 3.8) is 0 Å². The molecule has 94 valence electrons. The van der Waals surface area contributed by atoms with Crippen molar-refractivity contribution in [2.45, 2.75) is 13.3 Å². The van der Waals surface area contributed by atoms with E-state index in [0.717, 1.165) is 12.6 Å². The minimum Gasteiger partial charge on any atom is -0.463 e. The Kier molecular flexibility index (Phi) is 3.61. The number of hydrogen-bond donors (Lipinski definition) is 1. The molecule has 0 aliphatic heterocycles. The van der Waals surface area contributed by atoms with E-state index in [1.54, 1.807) is 0 Å². The van der Waals surface area contributed by atoms with E-state index in [2.05, 4.69) is 19.9 Å². The Balaban J connectivity index is 2.35. The van der Waals surface area contributed by atoms with E-state index in [4.69, 9.17) is 10.5 Å². The Hall–Kier alpha value is -2.31. The van der Waals surface area contributed by atoms with Crippen LogP contribution in [-0.2, 0) is 0 Å². The van der Waals surface area contributed by atoms with Crippen molar-refractivity contribution in [1.82, 2.24) is 19.9 Å². The molecule has 0 fully saturated rings. The smallest absolute Gasteiger partial charge is 0.321 e. The van der Waals surface area contributed by atoms with Gasteiger partial charge in [-0.3, -0.25) is 4.98 Å². The third-order valence-electron chi connectivity index (χ3n) is 2.03. The molecular weight excluding hydrogens is 237 g/mol. The van der Waals surface area contributed by atoms with E-state index < -0.39 is 5.82 Å². The molecule has 0 atom stereocenters. The second-order valence-corrected chi connectivity index (χ2v) is 3.54. The zero-order chi connectivity index (χ0) is 13.0. The molecule has 0 bridgehead atoms. The van der Waals surface area contributed by atoms with Gasteiger partial charge < -0.3 is 10.5 Å². The van der Waals surface area contributed by atoms with E-state index in [9.17, 15) is 4.39 Å². The van der Waals surface area contributed by atoms with Gasteiger partial charge in [0.05, 0.1) is 12.8 Å². The van der Waals surface area contributed by atoms with Crippen LogP contribution in [0.1, 0.15) is 13.3 Å². The SMILES string of the molecule is CCCOc1nc(N)nc(-c2cncc(F)c2)n1. The van der Waals surface area contributed by atoms with Gasteiger partial charge in [0.15, 0.2) is 5.82 Å². The number of nitrogens with two attached hydrogens (primary N) is 1. The number of anilines is 1. The number of hydrogen-bond acceptors (Lipinski definition) is 6. The summed E-state index contributed by atoms with van der Waals surface area (Å²) in [4.78, 5) is 15.5. The van der Waals surface area contributed by atoms with E-state index in [1.165, 1.54) is 12.3 Å². The summed E-state index contributed by atoms with van der Waals surface area (Å²) < 4.78 is 18.3. The number of rotatable bonds is 4. The molecule has 6 nitrogen and oxygen atoms in total. The molecule has 0 spiro atoms. The van der Waals surface area contributed by atoms with Gasteiger partial charge in [0.1, 0.15) is 5.82 Å². The molecule has 2 rings (SSSR count). The molecular formula is C11H12FN5O. The van der Waals surface area contributed by atoms with Crippen molar-refractivity contribution in [3.8, 4) is 17.4 Å². The molecule has 0 saturated heterocycles. The second kappa shape index (κ2) is 5.35.